The van der Waals surface area contributed by atoms with Crippen LogP contribution in [0.3, 0.4) is 0 Å². The first kappa shape index (κ1) is 19.4. The minimum absolute atomic E-state index is 0.239. The number of phenolic OH excluding ortho intramolecular Hbond substituents is 1. The van der Waals surface area contributed by atoms with Crippen LogP contribution in [0.15, 0.2) is 41.0 Å². The number of azide groups is 1. The molecule has 2 aliphatic rings. The van der Waals surface area contributed by atoms with Crippen LogP contribution in [0.25, 0.3) is 10.4 Å². The molecule has 0 bridgehead atoms. The van der Waals surface area contributed by atoms with Crippen molar-refractivity contribution in [3.05, 3.63) is 57.5 Å². The molecule has 0 unspecified atom stereocenters. The van der Waals surface area contributed by atoms with Gasteiger partial charge >= 0.3 is 0 Å². The summed E-state index contributed by atoms with van der Waals surface area (Å²) < 4.78 is 6.36. The second-order valence-electron chi connectivity index (χ2n) is 8.20. The molecule has 5 heteroatoms. The fraction of sp³-hybridized carbons (Fsp3) is 0.545. The van der Waals surface area contributed by atoms with Gasteiger partial charge in [0.1, 0.15) is 17.1 Å². The monoisotopic (exact) mass is 367 g/mol. The zero-order valence-electron chi connectivity index (χ0n) is 16.5. The van der Waals surface area contributed by atoms with E-state index < -0.39 is 0 Å². The molecule has 1 heterocycles. The second kappa shape index (κ2) is 8.10. The lowest BCUT2D eigenvalue weighted by Crippen LogP contribution is -2.45. The summed E-state index contributed by atoms with van der Waals surface area (Å²) in [5.74, 6) is 1.98. The summed E-state index contributed by atoms with van der Waals surface area (Å²) in [5, 5.41) is 13.8. The van der Waals surface area contributed by atoms with Gasteiger partial charge < -0.3 is 9.84 Å². The molecule has 2 atom stereocenters. The third kappa shape index (κ3) is 4.30. The Morgan fingerprint density at radius 3 is 2.96 bits per heavy atom. The first-order valence-corrected chi connectivity index (χ1v) is 9.78. The zero-order valence-corrected chi connectivity index (χ0v) is 16.5. The lowest BCUT2D eigenvalue weighted by molar-refractivity contribution is 0.00802. The minimum atomic E-state index is -0.239. The van der Waals surface area contributed by atoms with E-state index >= 15 is 0 Å². The Kier molecular flexibility index (Phi) is 5.81. The summed E-state index contributed by atoms with van der Waals surface area (Å²) in [4.78, 5) is 2.77. The van der Waals surface area contributed by atoms with Crippen molar-refractivity contribution in [2.75, 3.05) is 6.54 Å². The van der Waals surface area contributed by atoms with E-state index in [1.54, 1.807) is 6.07 Å². The number of hydrogen-bond donors (Lipinski definition) is 1. The van der Waals surface area contributed by atoms with E-state index in [2.05, 4.69) is 49.0 Å². The molecule has 144 valence electrons. The summed E-state index contributed by atoms with van der Waals surface area (Å²) in [6.07, 6.45) is 11.2. The summed E-state index contributed by atoms with van der Waals surface area (Å²) in [6, 6.07) is 3.66. The van der Waals surface area contributed by atoms with Crippen LogP contribution < -0.4 is 4.74 Å². The van der Waals surface area contributed by atoms with Crippen molar-refractivity contribution in [1.29, 1.82) is 0 Å². The number of phenols is 1. The van der Waals surface area contributed by atoms with Crippen molar-refractivity contribution in [2.24, 2.45) is 11.0 Å². The van der Waals surface area contributed by atoms with Crippen molar-refractivity contribution < 1.29 is 9.84 Å². The molecule has 0 aromatic heterocycles. The maximum Gasteiger partial charge on any atom is 0.127 e. The smallest absolute Gasteiger partial charge is 0.127 e. The Morgan fingerprint density at radius 1 is 1.37 bits per heavy atom. The van der Waals surface area contributed by atoms with Crippen LogP contribution in [-0.2, 0) is 6.42 Å². The quantitative estimate of drug-likeness (QED) is 0.214. The molecule has 0 spiro atoms. The third-order valence-corrected chi connectivity index (χ3v) is 5.79. The summed E-state index contributed by atoms with van der Waals surface area (Å²) in [5.41, 5.74) is 11.9. The molecular formula is C22H29N3O2. The highest BCUT2D eigenvalue weighted by molar-refractivity contribution is 5.52. The molecule has 1 aromatic rings. The van der Waals surface area contributed by atoms with Crippen molar-refractivity contribution in [3.8, 4) is 11.5 Å². The van der Waals surface area contributed by atoms with Crippen molar-refractivity contribution in [2.45, 2.75) is 64.4 Å². The lowest BCUT2D eigenvalue weighted by Gasteiger charge is -2.47. The van der Waals surface area contributed by atoms with Crippen LogP contribution in [0, 0.1) is 5.92 Å². The van der Waals surface area contributed by atoms with Crippen LogP contribution in [0.1, 0.15) is 63.5 Å². The Balaban J connectivity index is 1.85. The highest BCUT2D eigenvalue weighted by Crippen LogP contribution is 2.53. The number of benzene rings is 1. The number of ether oxygens (including phenoxy) is 1. The standard InChI is InChI=1S/C22H29N3O2/c1-15-9-10-19-18(12-15)21-16(8-6-4-5-7-11-24-25-23)13-17(26)14-20(21)27-22(19,2)3/h4,6,9,13-14,18-19,26H,5,7-8,10-12H2,1-3H3/b6-4+/t18-,19-/m1/s1. The number of hydrogen-bond acceptors (Lipinski definition) is 3. The van der Waals surface area contributed by atoms with Crippen LogP contribution in [0.2, 0.25) is 0 Å². The van der Waals surface area contributed by atoms with E-state index in [-0.39, 0.29) is 11.4 Å². The molecule has 0 saturated carbocycles. The average Bonchev–Trinajstić information content (AvgIpc) is 2.59. The van der Waals surface area contributed by atoms with Gasteiger partial charge in [0.05, 0.1) is 0 Å². The second-order valence-corrected chi connectivity index (χ2v) is 8.20. The Morgan fingerprint density at radius 2 is 2.19 bits per heavy atom. The largest absolute Gasteiger partial charge is 0.508 e. The molecular weight excluding hydrogens is 338 g/mol. The first-order valence-electron chi connectivity index (χ1n) is 9.78. The Bertz CT molecular complexity index is 804. The number of unbranched alkanes of at least 4 members (excludes halogenated alkanes) is 1. The van der Waals surface area contributed by atoms with Gasteiger partial charge in [0.15, 0.2) is 0 Å². The van der Waals surface area contributed by atoms with Crippen molar-refractivity contribution in [1.82, 2.24) is 0 Å². The van der Waals surface area contributed by atoms with Gasteiger partial charge in [-0.3, -0.25) is 0 Å². The van der Waals surface area contributed by atoms with Crippen LogP contribution in [-0.4, -0.2) is 17.3 Å². The molecule has 0 fully saturated rings. The SMILES string of the molecule is CC1=CC[C@@H]2[C@@H](C1)c1c(C/C=C/CCCN=[N+]=[N-])cc(O)cc1OC2(C)C. The fourth-order valence-corrected chi connectivity index (χ4v) is 4.49. The Labute approximate surface area is 161 Å². The van der Waals surface area contributed by atoms with E-state index in [0.29, 0.717) is 18.4 Å². The molecule has 1 aliphatic carbocycles. The first-order chi connectivity index (χ1) is 12.9. The normalized spacial score (nSPS) is 23.0. The Hall–Kier alpha value is -2.39. The molecule has 3 rings (SSSR count). The van der Waals surface area contributed by atoms with E-state index in [0.717, 1.165) is 43.4 Å². The highest BCUT2D eigenvalue weighted by Gasteiger charge is 2.45. The molecule has 1 aliphatic heterocycles. The van der Waals surface area contributed by atoms with Crippen LogP contribution in [0.4, 0.5) is 0 Å². The van der Waals surface area contributed by atoms with Gasteiger partial charge in [-0.25, -0.2) is 0 Å². The molecule has 0 saturated heterocycles. The van der Waals surface area contributed by atoms with Crippen LogP contribution in [0.5, 0.6) is 11.5 Å². The molecule has 0 radical (unpaired) electrons. The van der Waals surface area contributed by atoms with Gasteiger partial charge in [-0.15, -0.1) is 0 Å². The fourth-order valence-electron chi connectivity index (χ4n) is 4.49. The third-order valence-electron chi connectivity index (χ3n) is 5.79. The molecule has 1 N–H and O–H groups in total. The van der Waals surface area contributed by atoms with Gasteiger partial charge in [-0.05, 0) is 76.0 Å². The van der Waals surface area contributed by atoms with Gasteiger partial charge in [-0.2, -0.15) is 0 Å². The van der Waals surface area contributed by atoms with E-state index in [9.17, 15) is 5.11 Å². The van der Waals surface area contributed by atoms with E-state index in [1.165, 1.54) is 11.1 Å². The van der Waals surface area contributed by atoms with Gasteiger partial charge in [-0.1, -0.05) is 28.9 Å². The van der Waals surface area contributed by atoms with Gasteiger partial charge in [0.2, 0.25) is 0 Å². The highest BCUT2D eigenvalue weighted by atomic mass is 16.5. The lowest BCUT2D eigenvalue weighted by atomic mass is 9.66. The molecule has 0 amide bonds. The number of fused-ring (bicyclic) bond motifs is 3. The predicted molar refractivity (Wildman–Crippen MR) is 108 cm³/mol. The van der Waals surface area contributed by atoms with Gasteiger partial charge in [0, 0.05) is 29.0 Å². The van der Waals surface area contributed by atoms with Crippen molar-refractivity contribution >= 4 is 0 Å². The van der Waals surface area contributed by atoms with Crippen molar-refractivity contribution in [3.63, 3.8) is 0 Å². The van der Waals surface area contributed by atoms with E-state index in [1.807, 2.05) is 6.07 Å². The number of nitrogens with zero attached hydrogens (tertiary/aromatic N) is 3. The summed E-state index contributed by atoms with van der Waals surface area (Å²) in [7, 11) is 0. The maximum absolute atomic E-state index is 10.2. The average molecular weight is 367 g/mol. The van der Waals surface area contributed by atoms with Crippen LogP contribution >= 0.6 is 0 Å². The maximum atomic E-state index is 10.2. The molecule has 5 nitrogen and oxygen atoms in total. The summed E-state index contributed by atoms with van der Waals surface area (Å²) in [6.45, 7) is 7.06. The zero-order chi connectivity index (χ0) is 19.4. The molecule has 27 heavy (non-hydrogen) atoms. The number of rotatable bonds is 6. The minimum Gasteiger partial charge on any atom is -0.508 e. The topological polar surface area (TPSA) is 78.2 Å². The van der Waals surface area contributed by atoms with E-state index in [4.69, 9.17) is 10.3 Å². The predicted octanol–water partition coefficient (Wildman–Crippen LogP) is 6.19. The molecule has 1 aromatic carbocycles. The number of aromatic hydroxyl groups is 1. The van der Waals surface area contributed by atoms with Gasteiger partial charge in [0.25, 0.3) is 0 Å². The number of allylic oxidation sites excluding steroid dienone is 4. The summed E-state index contributed by atoms with van der Waals surface area (Å²) >= 11 is 0.